The summed E-state index contributed by atoms with van der Waals surface area (Å²) in [5.74, 6) is -0.0676. The lowest BCUT2D eigenvalue weighted by Gasteiger charge is -2.19. The third-order valence-corrected chi connectivity index (χ3v) is 6.04. The highest BCUT2D eigenvalue weighted by molar-refractivity contribution is 7.99. The van der Waals surface area contributed by atoms with Crippen LogP contribution in [-0.4, -0.2) is 38.9 Å². The van der Waals surface area contributed by atoms with Gasteiger partial charge in [-0.3, -0.25) is 14.2 Å². The van der Waals surface area contributed by atoms with Crippen LogP contribution in [-0.2, 0) is 22.6 Å². The molecule has 2 aromatic carbocycles. The van der Waals surface area contributed by atoms with Crippen molar-refractivity contribution in [1.82, 2.24) is 14.8 Å². The van der Waals surface area contributed by atoms with Crippen LogP contribution in [0.3, 0.4) is 0 Å². The summed E-state index contributed by atoms with van der Waals surface area (Å²) >= 11 is 1.20. The van der Waals surface area contributed by atoms with E-state index in [9.17, 15) is 14.4 Å². The van der Waals surface area contributed by atoms with Gasteiger partial charge in [0.05, 0.1) is 17.1 Å². The van der Waals surface area contributed by atoms with E-state index in [-0.39, 0.29) is 23.3 Å². The molecule has 0 saturated carbocycles. The van der Waals surface area contributed by atoms with Crippen molar-refractivity contribution in [1.29, 1.82) is 0 Å². The molecule has 1 fully saturated rings. The second-order valence-electron chi connectivity index (χ2n) is 7.20. The Kier molecular flexibility index (Phi) is 6.51. The quantitative estimate of drug-likeness (QED) is 0.528. The number of hydrogen-bond donors (Lipinski definition) is 2. The summed E-state index contributed by atoms with van der Waals surface area (Å²) < 4.78 is 1.54. The van der Waals surface area contributed by atoms with E-state index < -0.39 is 0 Å². The minimum absolute atomic E-state index is 0.0648. The fraction of sp³-hybridized carbons (Fsp3) is 0.273. The maximum absolute atomic E-state index is 12.6. The summed E-state index contributed by atoms with van der Waals surface area (Å²) in [4.78, 5) is 38.5. The van der Waals surface area contributed by atoms with Crippen LogP contribution < -0.4 is 15.9 Å². The monoisotopic (exact) mass is 437 g/mol. The molecule has 0 bridgehead atoms. The van der Waals surface area contributed by atoms with Gasteiger partial charge >= 0.3 is 5.69 Å². The van der Waals surface area contributed by atoms with E-state index in [2.05, 4.69) is 15.5 Å². The van der Waals surface area contributed by atoms with Gasteiger partial charge in [0.2, 0.25) is 11.8 Å². The van der Waals surface area contributed by atoms with Gasteiger partial charge in [0.15, 0.2) is 5.16 Å². The highest BCUT2D eigenvalue weighted by atomic mass is 32.2. The molecule has 0 unspecified atom stereocenters. The van der Waals surface area contributed by atoms with Crippen molar-refractivity contribution < 1.29 is 9.59 Å². The van der Waals surface area contributed by atoms with E-state index in [0.29, 0.717) is 42.5 Å². The molecule has 0 aliphatic carbocycles. The Morgan fingerprint density at radius 3 is 2.65 bits per heavy atom. The number of hydrogen-bond acceptors (Lipinski definition) is 5. The van der Waals surface area contributed by atoms with Gasteiger partial charge in [-0.2, -0.15) is 0 Å². The van der Waals surface area contributed by atoms with Crippen LogP contribution >= 0.6 is 11.8 Å². The first kappa shape index (κ1) is 20.9. The van der Waals surface area contributed by atoms with Gasteiger partial charge < -0.3 is 10.2 Å². The number of aryl methyl sites for hydroxylation is 1. The lowest BCUT2D eigenvalue weighted by molar-refractivity contribution is -0.117. The number of thioether (sulfide) groups is 1. The molecule has 160 valence electrons. The minimum atomic E-state index is -0.295. The summed E-state index contributed by atoms with van der Waals surface area (Å²) in [6.07, 6.45) is 2.03. The van der Waals surface area contributed by atoms with Crippen LogP contribution in [0.25, 0.3) is 0 Å². The zero-order chi connectivity index (χ0) is 21.6. The number of nitrogens with one attached hydrogen (secondary N) is 2. The van der Waals surface area contributed by atoms with Gasteiger partial charge in [0.1, 0.15) is 0 Å². The van der Waals surface area contributed by atoms with Crippen LogP contribution in [0.2, 0.25) is 0 Å². The molecule has 2 N–H and O–H groups in total. The van der Waals surface area contributed by atoms with Crippen LogP contribution in [0.4, 0.5) is 11.4 Å². The first-order valence-electron chi connectivity index (χ1n) is 10.1. The molecule has 0 radical (unpaired) electrons. The van der Waals surface area contributed by atoms with Crippen LogP contribution in [0.1, 0.15) is 18.4 Å². The Balaban J connectivity index is 1.38. The van der Waals surface area contributed by atoms with Crippen molar-refractivity contribution in [2.75, 3.05) is 22.5 Å². The van der Waals surface area contributed by atoms with Crippen molar-refractivity contribution in [3.63, 3.8) is 0 Å². The van der Waals surface area contributed by atoms with E-state index in [1.54, 1.807) is 15.5 Å². The smallest absolute Gasteiger partial charge is 0.324 e. The van der Waals surface area contributed by atoms with E-state index in [4.69, 9.17) is 0 Å². The number of carbonyl (C=O) groups excluding carboxylic acids is 2. The number of rotatable bonds is 8. The molecule has 8 nitrogen and oxygen atoms in total. The van der Waals surface area contributed by atoms with Crippen LogP contribution in [0.15, 0.2) is 64.5 Å². The van der Waals surface area contributed by atoms with E-state index >= 15 is 0 Å². The van der Waals surface area contributed by atoms with Gasteiger partial charge in [0, 0.05) is 19.5 Å². The molecule has 1 saturated heterocycles. The van der Waals surface area contributed by atoms with Crippen molar-refractivity contribution in [3.05, 3.63) is 70.6 Å². The summed E-state index contributed by atoms with van der Waals surface area (Å²) in [7, 11) is 0. The average Bonchev–Trinajstić information content (AvgIpc) is 3.37. The molecule has 0 atom stereocenters. The van der Waals surface area contributed by atoms with Crippen molar-refractivity contribution in [3.8, 4) is 0 Å². The fourth-order valence-electron chi connectivity index (χ4n) is 3.53. The van der Waals surface area contributed by atoms with Crippen LogP contribution in [0, 0.1) is 0 Å². The molecule has 3 aromatic rings. The Labute approximate surface area is 183 Å². The zero-order valence-electron chi connectivity index (χ0n) is 16.9. The largest absolute Gasteiger partial charge is 0.343 e. The van der Waals surface area contributed by atoms with Gasteiger partial charge in [-0.05, 0) is 30.5 Å². The predicted octanol–water partition coefficient (Wildman–Crippen LogP) is 2.67. The normalized spacial score (nSPS) is 13.5. The zero-order valence-corrected chi connectivity index (χ0v) is 17.7. The Morgan fingerprint density at radius 1 is 1.10 bits per heavy atom. The van der Waals surface area contributed by atoms with Gasteiger partial charge in [-0.25, -0.2) is 9.89 Å². The molecule has 2 heterocycles. The second kappa shape index (κ2) is 9.65. The third kappa shape index (κ3) is 5.05. The number of aromatic amines is 1. The summed E-state index contributed by atoms with van der Waals surface area (Å²) in [6, 6.07) is 17.2. The number of para-hydroxylation sites is 2. The molecular formula is C22H23N5O3S. The number of benzene rings is 2. The first-order valence-corrected chi connectivity index (χ1v) is 11.1. The molecule has 2 amide bonds. The summed E-state index contributed by atoms with van der Waals surface area (Å²) in [5.41, 5.74) is 2.14. The number of amides is 2. The van der Waals surface area contributed by atoms with Crippen molar-refractivity contribution in [2.45, 2.75) is 31.0 Å². The third-order valence-electron chi connectivity index (χ3n) is 5.06. The number of carbonyl (C=O) groups is 2. The van der Waals surface area contributed by atoms with E-state index in [1.807, 2.05) is 48.5 Å². The Bertz CT molecular complexity index is 1130. The lowest BCUT2D eigenvalue weighted by atomic mass is 10.1. The average molecular weight is 438 g/mol. The van der Waals surface area contributed by atoms with E-state index in [1.165, 1.54) is 11.8 Å². The molecule has 1 aliphatic rings. The standard InChI is InChI=1S/C22H23N5O3S/c28-19(23-17-9-4-5-10-18(17)26-13-6-11-20(26)29)15-31-22-25-24-21(30)27(22)14-12-16-7-2-1-3-8-16/h1-5,7-10H,6,11-15H2,(H,23,28)(H,24,30). The Morgan fingerprint density at radius 2 is 1.87 bits per heavy atom. The molecule has 31 heavy (non-hydrogen) atoms. The van der Waals surface area contributed by atoms with Gasteiger partial charge in [-0.1, -0.05) is 54.2 Å². The second-order valence-corrected chi connectivity index (χ2v) is 8.14. The summed E-state index contributed by atoms with van der Waals surface area (Å²) in [5, 5.41) is 9.87. The SMILES string of the molecule is O=C(CSc1n[nH]c(=O)n1CCc1ccccc1)Nc1ccccc1N1CCCC1=O. The predicted molar refractivity (Wildman–Crippen MR) is 120 cm³/mol. The van der Waals surface area contributed by atoms with Crippen molar-refractivity contribution in [2.24, 2.45) is 0 Å². The van der Waals surface area contributed by atoms with Gasteiger partial charge in [-0.15, -0.1) is 5.10 Å². The number of anilines is 2. The summed E-state index contributed by atoms with van der Waals surface area (Å²) in [6.45, 7) is 1.13. The number of aromatic nitrogens is 3. The number of H-pyrrole nitrogens is 1. The first-order chi connectivity index (χ1) is 15.1. The lowest BCUT2D eigenvalue weighted by Crippen LogP contribution is -2.26. The van der Waals surface area contributed by atoms with Gasteiger partial charge in [0.25, 0.3) is 0 Å². The highest BCUT2D eigenvalue weighted by Gasteiger charge is 2.24. The molecule has 9 heteroatoms. The molecule has 1 aromatic heterocycles. The van der Waals surface area contributed by atoms with Crippen molar-refractivity contribution >= 4 is 35.0 Å². The maximum atomic E-state index is 12.6. The molecule has 0 spiro atoms. The molecule has 1 aliphatic heterocycles. The van der Waals surface area contributed by atoms with E-state index in [0.717, 1.165) is 12.0 Å². The minimum Gasteiger partial charge on any atom is -0.324 e. The molecule has 4 rings (SSSR count). The number of nitrogens with zero attached hydrogens (tertiary/aromatic N) is 3. The maximum Gasteiger partial charge on any atom is 0.343 e. The fourth-order valence-corrected chi connectivity index (χ4v) is 4.30. The molecular weight excluding hydrogens is 414 g/mol. The highest BCUT2D eigenvalue weighted by Crippen LogP contribution is 2.29. The topological polar surface area (TPSA) is 100 Å². The van der Waals surface area contributed by atoms with Crippen LogP contribution in [0.5, 0.6) is 0 Å². The Hall–Kier alpha value is -3.33.